The van der Waals surface area contributed by atoms with Gasteiger partial charge in [-0.05, 0) is 0 Å². The van der Waals surface area contributed by atoms with Gasteiger partial charge in [0.25, 0.3) is 9.84 Å². The summed E-state index contributed by atoms with van der Waals surface area (Å²) >= 11 is 0. The Morgan fingerprint density at radius 2 is 0.821 bits per heavy atom. The number of alkyl halides is 17. The molecule has 0 bridgehead atoms. The van der Waals surface area contributed by atoms with Gasteiger partial charge in [-0.25, -0.2) is 8.42 Å². The van der Waals surface area contributed by atoms with Crippen LogP contribution < -0.4 is 22.0 Å². The predicted octanol–water partition coefficient (Wildman–Crippen LogP) is 3.61. The summed E-state index contributed by atoms with van der Waals surface area (Å²) < 4.78 is 255. The van der Waals surface area contributed by atoms with Crippen molar-refractivity contribution in [2.75, 3.05) is 21.1 Å². The zero-order valence-corrected chi connectivity index (χ0v) is 20.2. The molecular weight excluding hydrogens is 625 g/mol. The number of quaternary nitrogens is 1. The lowest BCUT2D eigenvalue weighted by atomic mass is 9.91. The molecule has 7 nitrogen and oxygen atoms in total. The quantitative estimate of drug-likeness (QED) is 0.106. The van der Waals surface area contributed by atoms with E-state index < -0.39 is 73.0 Å². The molecule has 0 aromatic carbocycles. The average Bonchev–Trinajstić information content (AvgIpc) is 2.78. The largest absolute Gasteiger partial charge is 0.460 e. The average molecular weight is 644 g/mol. The minimum atomic E-state index is -8.93. The Hall–Kier alpha value is -1.44. The lowest BCUT2D eigenvalue weighted by Crippen LogP contribution is -2.87. The fraction of sp³-hybridized carbons (Fsp3) is 1.00. The molecule has 0 radical (unpaired) electrons. The molecule has 39 heavy (non-hydrogen) atoms. The van der Waals surface area contributed by atoms with Gasteiger partial charge in [0.1, 0.15) is 0 Å². The van der Waals surface area contributed by atoms with Crippen LogP contribution in [0.3, 0.4) is 0 Å². The Balaban J connectivity index is 7.46. The summed E-state index contributed by atoms with van der Waals surface area (Å²) in [5.74, 6) is -52.1. The predicted molar refractivity (Wildman–Crippen MR) is 94.3 cm³/mol. The maximum atomic E-state index is 14.6. The Morgan fingerprint density at radius 1 is 0.564 bits per heavy atom. The van der Waals surface area contributed by atoms with Crippen molar-refractivity contribution in [2.24, 2.45) is 5.73 Å². The highest BCUT2D eigenvalue weighted by Gasteiger charge is 2.97. The number of nitrogens with two attached hydrogens (primary N) is 1. The van der Waals surface area contributed by atoms with Crippen LogP contribution in [0.1, 0.15) is 13.3 Å². The van der Waals surface area contributed by atoms with Gasteiger partial charge >= 0.3 is 52.0 Å². The van der Waals surface area contributed by atoms with Gasteiger partial charge in [-0.3, -0.25) is 5.73 Å². The molecule has 0 saturated heterocycles. The third kappa shape index (κ3) is 4.32. The molecule has 5 N–H and O–H groups in total. The van der Waals surface area contributed by atoms with Crippen molar-refractivity contribution < 1.29 is 87.9 Å². The van der Waals surface area contributed by atoms with E-state index in [1.165, 1.54) is 0 Å². The number of hydrogen-bond acceptors (Lipinski definition) is 6. The molecule has 0 amide bonds. The molecular formula is C14H19F17N5O2S+. The van der Waals surface area contributed by atoms with Crippen LogP contribution in [0.5, 0.6) is 0 Å². The molecule has 1 atom stereocenters. The van der Waals surface area contributed by atoms with Gasteiger partial charge in [-0.1, -0.05) is 11.7 Å². The first kappa shape index (κ1) is 37.6. The summed E-state index contributed by atoms with van der Waals surface area (Å²) in [4.78, 5) is -6.23. The van der Waals surface area contributed by atoms with Crippen LogP contribution in [0.2, 0.25) is 0 Å². The fourth-order valence-electron chi connectivity index (χ4n) is 3.05. The van der Waals surface area contributed by atoms with Crippen molar-refractivity contribution in [3.8, 4) is 0 Å². The lowest BCUT2D eigenvalue weighted by Gasteiger charge is -2.47. The molecule has 0 rings (SSSR count). The summed E-state index contributed by atoms with van der Waals surface area (Å²) in [5.41, 5.74) is 10.5. The molecule has 236 valence electrons. The second kappa shape index (κ2) is 9.84. The van der Waals surface area contributed by atoms with E-state index in [9.17, 15) is 83.1 Å². The van der Waals surface area contributed by atoms with Gasteiger partial charge in [0.2, 0.25) is 0 Å². The van der Waals surface area contributed by atoms with Crippen molar-refractivity contribution in [1.29, 1.82) is 0 Å². The maximum absolute atomic E-state index is 14.6. The molecule has 0 aliphatic carbocycles. The minimum Gasteiger partial charge on any atom is -0.260 e. The topological polar surface area (TPSA) is 96.2 Å². The van der Waals surface area contributed by atoms with E-state index >= 15 is 0 Å². The zero-order chi connectivity index (χ0) is 32.3. The van der Waals surface area contributed by atoms with E-state index in [-0.39, 0.29) is 0 Å². The van der Waals surface area contributed by atoms with E-state index in [0.29, 0.717) is 28.1 Å². The number of rotatable bonds is 13. The highest BCUT2D eigenvalue weighted by molar-refractivity contribution is 7.93. The van der Waals surface area contributed by atoms with Crippen molar-refractivity contribution in [1.82, 2.24) is 16.3 Å². The van der Waals surface area contributed by atoms with Gasteiger partial charge in [-0.15, -0.1) is 16.3 Å². The standard InChI is InChI=1S/C14H19F17N5O2S/c1-5-6(32,36(33-2,34-3)35-4)39(37,38)14(30,31)12(25,26)10(21,22)8(17,18)7(15,16)9(19,20)11(23,24)13(27,28)29/h33-35H,5,32H2,1-4H3/q+1. The van der Waals surface area contributed by atoms with Crippen molar-refractivity contribution in [3.05, 3.63) is 0 Å². The number of hydrogen-bond donors (Lipinski definition) is 4. The molecule has 0 spiro atoms. The number of nitrogens with one attached hydrogen (secondary N) is 3. The van der Waals surface area contributed by atoms with Crippen LogP contribution in [0.25, 0.3) is 0 Å². The Morgan fingerprint density at radius 3 is 1.05 bits per heavy atom. The third-order valence-corrected chi connectivity index (χ3v) is 8.00. The van der Waals surface area contributed by atoms with Crippen molar-refractivity contribution >= 4 is 9.84 Å². The molecule has 1 unspecified atom stereocenters. The second-order valence-corrected chi connectivity index (χ2v) is 9.73. The highest BCUT2D eigenvalue weighted by Crippen LogP contribution is 2.64. The van der Waals surface area contributed by atoms with E-state index in [2.05, 4.69) is 0 Å². The smallest absolute Gasteiger partial charge is 0.260 e. The SMILES string of the molecule is CCC(N)([N+](NC)(NC)NC)S(=O)(=O)C(F)(F)C(F)(F)C(F)(F)C(F)(F)C(F)(F)C(F)(F)C(F)(F)C(F)(F)F. The van der Waals surface area contributed by atoms with E-state index in [0.717, 1.165) is 0 Å². The van der Waals surface area contributed by atoms with Gasteiger partial charge in [0.05, 0.1) is 0 Å². The van der Waals surface area contributed by atoms with E-state index in [1.54, 1.807) is 16.3 Å². The molecule has 0 aromatic rings. The Bertz CT molecular complexity index is 988. The maximum Gasteiger partial charge on any atom is 0.460 e. The molecule has 25 heteroatoms. The number of sulfone groups is 1. The molecule has 0 saturated carbocycles. The second-order valence-electron chi connectivity index (χ2n) is 7.50. The van der Waals surface area contributed by atoms with Crippen LogP contribution in [-0.4, -0.2) is 86.3 Å². The lowest BCUT2D eigenvalue weighted by molar-refractivity contribution is -1.07. The first-order valence-corrected chi connectivity index (χ1v) is 10.9. The highest BCUT2D eigenvalue weighted by atomic mass is 32.2. The minimum absolute atomic E-state index is 0.505. The monoisotopic (exact) mass is 644 g/mol. The van der Waals surface area contributed by atoms with Gasteiger partial charge < -0.3 is 0 Å². The zero-order valence-electron chi connectivity index (χ0n) is 19.4. The van der Waals surface area contributed by atoms with Gasteiger partial charge in [0.15, 0.2) is 0 Å². The summed E-state index contributed by atoms with van der Waals surface area (Å²) in [6.07, 6.45) is -9.45. The molecule has 0 heterocycles. The molecule has 0 aliphatic rings. The molecule has 0 aliphatic heterocycles. The van der Waals surface area contributed by atoms with Crippen LogP contribution in [0, 0.1) is 0 Å². The normalized spacial score (nSPS) is 17.8. The van der Waals surface area contributed by atoms with Gasteiger partial charge in [-0.2, -0.15) is 74.6 Å². The van der Waals surface area contributed by atoms with Crippen LogP contribution >= 0.6 is 0 Å². The Kier molecular flexibility index (Phi) is 9.47. The van der Waals surface area contributed by atoms with Crippen molar-refractivity contribution in [3.63, 3.8) is 0 Å². The van der Waals surface area contributed by atoms with E-state index in [4.69, 9.17) is 5.73 Å². The van der Waals surface area contributed by atoms with Crippen molar-refractivity contribution in [2.45, 2.75) is 65.3 Å². The van der Waals surface area contributed by atoms with Crippen LogP contribution in [-0.2, 0) is 9.84 Å². The van der Waals surface area contributed by atoms with E-state index in [1.807, 2.05) is 0 Å². The summed E-state index contributed by atoms with van der Waals surface area (Å²) in [6, 6.07) is 0. The number of nitrogens with zero attached hydrogens (tertiary/aromatic N) is 1. The van der Waals surface area contributed by atoms with Crippen LogP contribution in [0.15, 0.2) is 0 Å². The summed E-state index contributed by atoms with van der Waals surface area (Å²) in [6.45, 7) is 0.505. The number of halogens is 17. The van der Waals surface area contributed by atoms with Crippen LogP contribution in [0.4, 0.5) is 74.6 Å². The Labute approximate surface area is 207 Å². The molecule has 0 fully saturated rings. The first-order valence-electron chi connectivity index (χ1n) is 9.45. The van der Waals surface area contributed by atoms with Gasteiger partial charge in [0, 0.05) is 27.6 Å². The fourth-order valence-corrected chi connectivity index (χ4v) is 4.97. The first-order chi connectivity index (χ1) is 16.7. The molecule has 0 aromatic heterocycles. The third-order valence-electron chi connectivity index (χ3n) is 5.58. The summed E-state index contributed by atoms with van der Waals surface area (Å²) in [5, 5.41) is -7.76. The summed E-state index contributed by atoms with van der Waals surface area (Å²) in [7, 11) is -5.71.